The van der Waals surface area contributed by atoms with Gasteiger partial charge in [-0.2, -0.15) is 0 Å². The summed E-state index contributed by atoms with van der Waals surface area (Å²) in [7, 11) is 0. The Morgan fingerprint density at radius 2 is 1.46 bits per heavy atom. The molecule has 0 radical (unpaired) electrons. The van der Waals surface area contributed by atoms with Crippen molar-refractivity contribution in [1.82, 2.24) is 4.57 Å². The SMILES string of the molecule is CC1(C)CCC(C)(C)c2c(-n3c4ccccc4c4cc(Cl)ccc43)cccc21. The second-order valence-electron chi connectivity index (χ2n) is 9.48. The summed E-state index contributed by atoms with van der Waals surface area (Å²) in [4.78, 5) is 0. The van der Waals surface area contributed by atoms with Crippen LogP contribution in [0.15, 0.2) is 60.7 Å². The molecule has 142 valence electrons. The minimum Gasteiger partial charge on any atom is -0.309 e. The smallest absolute Gasteiger partial charge is 0.0542 e. The van der Waals surface area contributed by atoms with Gasteiger partial charge in [-0.05, 0) is 65.1 Å². The van der Waals surface area contributed by atoms with Crippen molar-refractivity contribution < 1.29 is 0 Å². The fourth-order valence-corrected chi connectivity index (χ4v) is 5.26. The van der Waals surface area contributed by atoms with Gasteiger partial charge in [0.15, 0.2) is 0 Å². The summed E-state index contributed by atoms with van der Waals surface area (Å²) in [6, 6.07) is 21.8. The van der Waals surface area contributed by atoms with Gasteiger partial charge in [-0.25, -0.2) is 0 Å². The minimum absolute atomic E-state index is 0.144. The van der Waals surface area contributed by atoms with E-state index in [0.717, 1.165) is 5.02 Å². The molecule has 0 spiro atoms. The molecule has 0 amide bonds. The van der Waals surface area contributed by atoms with Gasteiger partial charge in [0.2, 0.25) is 0 Å². The zero-order valence-corrected chi connectivity index (χ0v) is 17.8. The van der Waals surface area contributed by atoms with Crippen LogP contribution in [0.3, 0.4) is 0 Å². The number of hydrogen-bond acceptors (Lipinski definition) is 0. The summed E-state index contributed by atoms with van der Waals surface area (Å²) in [6.07, 6.45) is 2.42. The summed E-state index contributed by atoms with van der Waals surface area (Å²) in [6.45, 7) is 9.57. The highest BCUT2D eigenvalue weighted by Gasteiger charge is 2.39. The lowest BCUT2D eigenvalue weighted by Gasteiger charge is -2.43. The molecule has 0 aliphatic heterocycles. The molecule has 0 saturated carbocycles. The molecule has 1 heterocycles. The van der Waals surface area contributed by atoms with Crippen LogP contribution in [0.25, 0.3) is 27.5 Å². The van der Waals surface area contributed by atoms with Gasteiger partial charge in [-0.15, -0.1) is 0 Å². The van der Waals surface area contributed by atoms with Crippen LogP contribution < -0.4 is 0 Å². The van der Waals surface area contributed by atoms with Crippen molar-refractivity contribution in [3.05, 3.63) is 76.8 Å². The lowest BCUT2D eigenvalue weighted by Crippen LogP contribution is -2.35. The highest BCUT2D eigenvalue weighted by atomic mass is 35.5. The molecule has 0 atom stereocenters. The zero-order chi connectivity index (χ0) is 19.7. The first kappa shape index (κ1) is 17.8. The number of aromatic nitrogens is 1. The molecule has 3 aromatic carbocycles. The van der Waals surface area contributed by atoms with Crippen molar-refractivity contribution in [2.75, 3.05) is 0 Å². The fourth-order valence-electron chi connectivity index (χ4n) is 5.09. The normalized spacial score (nSPS) is 17.8. The molecule has 0 unspecified atom stereocenters. The lowest BCUT2D eigenvalue weighted by atomic mass is 9.62. The Labute approximate surface area is 171 Å². The highest BCUT2D eigenvalue weighted by molar-refractivity contribution is 6.32. The average Bonchev–Trinajstić information content (AvgIpc) is 2.99. The first-order valence-electron chi connectivity index (χ1n) is 10.1. The van der Waals surface area contributed by atoms with Crippen LogP contribution in [0.5, 0.6) is 0 Å². The number of benzene rings is 3. The summed E-state index contributed by atoms with van der Waals surface area (Å²) >= 11 is 6.36. The number of nitrogens with zero attached hydrogens (tertiary/aromatic N) is 1. The third-order valence-corrected chi connectivity index (χ3v) is 6.93. The number of hydrogen-bond donors (Lipinski definition) is 0. The Kier molecular flexibility index (Phi) is 3.74. The molecule has 1 nitrogen and oxygen atoms in total. The van der Waals surface area contributed by atoms with Crippen LogP contribution in [0, 0.1) is 0 Å². The molecule has 1 aliphatic rings. The molecule has 1 aromatic heterocycles. The van der Waals surface area contributed by atoms with Crippen LogP contribution in [0.4, 0.5) is 0 Å². The van der Waals surface area contributed by atoms with Crippen molar-refractivity contribution in [2.24, 2.45) is 0 Å². The Hall–Kier alpha value is -2.25. The molecule has 4 aromatic rings. The number of para-hydroxylation sites is 1. The van der Waals surface area contributed by atoms with Crippen LogP contribution in [-0.2, 0) is 10.8 Å². The van der Waals surface area contributed by atoms with Gasteiger partial charge in [0.05, 0.1) is 16.7 Å². The summed E-state index contributed by atoms with van der Waals surface area (Å²) in [5.41, 5.74) is 7.09. The molecule has 0 saturated heterocycles. The zero-order valence-electron chi connectivity index (χ0n) is 17.0. The summed E-state index contributed by atoms with van der Waals surface area (Å²) in [5.74, 6) is 0. The van der Waals surface area contributed by atoms with Crippen molar-refractivity contribution >= 4 is 33.4 Å². The van der Waals surface area contributed by atoms with Gasteiger partial charge in [0, 0.05) is 15.8 Å². The summed E-state index contributed by atoms with van der Waals surface area (Å²) < 4.78 is 2.45. The molecular formula is C26H26ClN. The molecular weight excluding hydrogens is 362 g/mol. The number of fused-ring (bicyclic) bond motifs is 4. The topological polar surface area (TPSA) is 4.93 Å². The van der Waals surface area contributed by atoms with E-state index in [9.17, 15) is 0 Å². The Morgan fingerprint density at radius 1 is 0.750 bits per heavy atom. The van der Waals surface area contributed by atoms with Crippen molar-refractivity contribution in [1.29, 1.82) is 0 Å². The van der Waals surface area contributed by atoms with E-state index in [2.05, 4.69) is 86.9 Å². The lowest BCUT2D eigenvalue weighted by molar-refractivity contribution is 0.331. The van der Waals surface area contributed by atoms with E-state index in [0.29, 0.717) is 0 Å². The van der Waals surface area contributed by atoms with Gasteiger partial charge < -0.3 is 4.57 Å². The van der Waals surface area contributed by atoms with E-state index in [1.165, 1.54) is 51.5 Å². The van der Waals surface area contributed by atoms with E-state index in [1.807, 2.05) is 6.07 Å². The molecule has 0 bridgehead atoms. The van der Waals surface area contributed by atoms with E-state index in [-0.39, 0.29) is 10.8 Å². The molecule has 2 heteroatoms. The van der Waals surface area contributed by atoms with Crippen molar-refractivity contribution in [3.8, 4) is 5.69 Å². The van der Waals surface area contributed by atoms with Gasteiger partial charge in [-0.3, -0.25) is 0 Å². The third-order valence-electron chi connectivity index (χ3n) is 6.70. The predicted molar refractivity (Wildman–Crippen MR) is 121 cm³/mol. The second-order valence-corrected chi connectivity index (χ2v) is 9.92. The largest absolute Gasteiger partial charge is 0.309 e. The maximum absolute atomic E-state index is 6.36. The molecule has 28 heavy (non-hydrogen) atoms. The fraction of sp³-hybridized carbons (Fsp3) is 0.308. The number of halogens is 1. The van der Waals surface area contributed by atoms with Crippen molar-refractivity contribution in [2.45, 2.75) is 51.4 Å². The Balaban J connectivity index is 1.95. The minimum atomic E-state index is 0.144. The first-order chi connectivity index (χ1) is 13.3. The Morgan fingerprint density at radius 3 is 2.29 bits per heavy atom. The Bertz CT molecular complexity index is 1230. The van der Waals surface area contributed by atoms with Crippen LogP contribution in [0.2, 0.25) is 5.02 Å². The standard InChI is InChI=1S/C26H26ClN/c1-25(2)14-15-26(3,4)24-20(25)9-7-11-23(24)28-21-10-6-5-8-18(21)19-16-17(27)12-13-22(19)28/h5-13,16H,14-15H2,1-4H3. The van der Waals surface area contributed by atoms with Crippen LogP contribution >= 0.6 is 11.6 Å². The second kappa shape index (κ2) is 5.87. The summed E-state index contributed by atoms with van der Waals surface area (Å²) in [5, 5.41) is 3.26. The first-order valence-corrected chi connectivity index (χ1v) is 10.5. The molecule has 0 fully saturated rings. The van der Waals surface area contributed by atoms with E-state index in [1.54, 1.807) is 0 Å². The average molecular weight is 388 g/mol. The van der Waals surface area contributed by atoms with Crippen molar-refractivity contribution in [3.63, 3.8) is 0 Å². The van der Waals surface area contributed by atoms with E-state index < -0.39 is 0 Å². The van der Waals surface area contributed by atoms with E-state index >= 15 is 0 Å². The van der Waals surface area contributed by atoms with Crippen LogP contribution in [0.1, 0.15) is 51.7 Å². The highest BCUT2D eigenvalue weighted by Crippen LogP contribution is 2.49. The maximum atomic E-state index is 6.36. The maximum Gasteiger partial charge on any atom is 0.0542 e. The third kappa shape index (κ3) is 2.46. The van der Waals surface area contributed by atoms with Gasteiger partial charge in [0.25, 0.3) is 0 Å². The predicted octanol–water partition coefficient (Wildman–Crippen LogP) is 7.79. The van der Waals surface area contributed by atoms with Crippen LogP contribution in [-0.4, -0.2) is 4.57 Å². The van der Waals surface area contributed by atoms with Gasteiger partial charge >= 0.3 is 0 Å². The molecule has 0 N–H and O–H groups in total. The van der Waals surface area contributed by atoms with Gasteiger partial charge in [-0.1, -0.05) is 69.6 Å². The number of rotatable bonds is 1. The van der Waals surface area contributed by atoms with Gasteiger partial charge in [0.1, 0.15) is 0 Å². The molecule has 5 rings (SSSR count). The quantitative estimate of drug-likeness (QED) is 0.314. The monoisotopic (exact) mass is 387 g/mol. The molecule has 1 aliphatic carbocycles. The van der Waals surface area contributed by atoms with E-state index in [4.69, 9.17) is 11.6 Å².